The van der Waals surface area contributed by atoms with Gasteiger partial charge in [-0.1, -0.05) is 6.92 Å². The van der Waals surface area contributed by atoms with Gasteiger partial charge in [0, 0.05) is 12.6 Å². The normalized spacial score (nSPS) is 26.6. The molecule has 0 aliphatic carbocycles. The number of piperidine rings is 1. The van der Waals surface area contributed by atoms with Crippen molar-refractivity contribution < 1.29 is 4.79 Å². The molecule has 0 radical (unpaired) electrons. The molecule has 1 aliphatic rings. The largest absolute Gasteiger partial charge is 0.346 e. The van der Waals surface area contributed by atoms with Crippen LogP contribution in [0.5, 0.6) is 0 Å². The molecule has 0 saturated carbocycles. The first-order valence-electron chi connectivity index (χ1n) is 5.51. The lowest BCUT2D eigenvalue weighted by molar-refractivity contribution is 0.0874. The highest BCUT2D eigenvalue weighted by Gasteiger charge is 2.26. The molecule has 1 amide bonds. The van der Waals surface area contributed by atoms with Gasteiger partial charge in [0.25, 0.3) is 5.91 Å². The van der Waals surface area contributed by atoms with Gasteiger partial charge in [0.2, 0.25) is 5.82 Å². The summed E-state index contributed by atoms with van der Waals surface area (Å²) in [5.41, 5.74) is 0. The van der Waals surface area contributed by atoms with Crippen molar-refractivity contribution in [1.82, 2.24) is 25.4 Å². The van der Waals surface area contributed by atoms with Gasteiger partial charge in [-0.15, -0.1) is 0 Å². The number of H-pyrrole nitrogens is 1. The Morgan fingerprint density at radius 2 is 2.50 bits per heavy atom. The molecule has 1 saturated heterocycles. The summed E-state index contributed by atoms with van der Waals surface area (Å²) in [6, 6.07) is 0.230. The van der Waals surface area contributed by atoms with Gasteiger partial charge in [-0.3, -0.25) is 9.89 Å². The quantitative estimate of drug-likeness (QED) is 0.732. The first-order chi connectivity index (χ1) is 7.66. The minimum absolute atomic E-state index is 0.168. The van der Waals surface area contributed by atoms with Crippen LogP contribution in [0.1, 0.15) is 24.0 Å². The number of amides is 1. The van der Waals surface area contributed by atoms with E-state index in [-0.39, 0.29) is 17.8 Å². The van der Waals surface area contributed by atoms with Crippen LogP contribution in [0.25, 0.3) is 0 Å². The Balaban J connectivity index is 1.92. The highest BCUT2D eigenvalue weighted by Crippen LogP contribution is 2.15. The van der Waals surface area contributed by atoms with Crippen molar-refractivity contribution in [2.24, 2.45) is 5.92 Å². The second kappa shape index (κ2) is 4.61. The number of aromatic amines is 1. The first kappa shape index (κ1) is 11.1. The van der Waals surface area contributed by atoms with E-state index in [1.54, 1.807) is 0 Å². The lowest BCUT2D eigenvalue weighted by atomic mass is 9.94. The molecule has 1 aromatic heterocycles. The summed E-state index contributed by atoms with van der Waals surface area (Å²) >= 11 is 0. The molecule has 1 fully saturated rings. The average Bonchev–Trinajstić information content (AvgIpc) is 2.75. The smallest absolute Gasteiger partial charge is 0.288 e. The zero-order valence-electron chi connectivity index (χ0n) is 9.60. The van der Waals surface area contributed by atoms with Crippen molar-refractivity contribution >= 4 is 5.91 Å². The minimum atomic E-state index is -0.168. The summed E-state index contributed by atoms with van der Waals surface area (Å²) < 4.78 is 0. The third kappa shape index (κ3) is 2.38. The number of carbonyl (C=O) groups is 1. The average molecular weight is 223 g/mol. The monoisotopic (exact) mass is 223 g/mol. The minimum Gasteiger partial charge on any atom is -0.346 e. The van der Waals surface area contributed by atoms with Crippen LogP contribution in [-0.2, 0) is 0 Å². The van der Waals surface area contributed by atoms with E-state index < -0.39 is 0 Å². The molecule has 2 rings (SSSR count). The van der Waals surface area contributed by atoms with E-state index in [4.69, 9.17) is 0 Å². The highest BCUT2D eigenvalue weighted by molar-refractivity contribution is 5.90. The van der Waals surface area contributed by atoms with Gasteiger partial charge in [0.1, 0.15) is 6.33 Å². The van der Waals surface area contributed by atoms with Gasteiger partial charge in [0.15, 0.2) is 0 Å². The van der Waals surface area contributed by atoms with E-state index in [1.807, 2.05) is 0 Å². The molecule has 0 bridgehead atoms. The van der Waals surface area contributed by atoms with Gasteiger partial charge >= 0.3 is 0 Å². The molecular formula is C10H17N5O. The van der Waals surface area contributed by atoms with Crippen molar-refractivity contribution in [3.05, 3.63) is 12.2 Å². The van der Waals surface area contributed by atoms with Gasteiger partial charge in [-0.25, -0.2) is 4.98 Å². The number of nitrogens with zero attached hydrogens (tertiary/aromatic N) is 3. The predicted octanol–water partition coefficient (Wildman–Crippen LogP) is -0.125. The Hall–Kier alpha value is -1.43. The van der Waals surface area contributed by atoms with Crippen LogP contribution in [0.4, 0.5) is 0 Å². The summed E-state index contributed by atoms with van der Waals surface area (Å²) in [5, 5.41) is 9.22. The van der Waals surface area contributed by atoms with Gasteiger partial charge in [0.05, 0.1) is 0 Å². The van der Waals surface area contributed by atoms with Crippen molar-refractivity contribution in [2.45, 2.75) is 19.4 Å². The van der Waals surface area contributed by atoms with E-state index in [9.17, 15) is 4.79 Å². The van der Waals surface area contributed by atoms with E-state index >= 15 is 0 Å². The summed E-state index contributed by atoms with van der Waals surface area (Å²) in [5.74, 6) is 0.579. The Morgan fingerprint density at radius 1 is 1.69 bits per heavy atom. The predicted molar refractivity (Wildman–Crippen MR) is 58.9 cm³/mol. The molecule has 2 heterocycles. The molecule has 2 unspecified atom stereocenters. The second-order valence-electron chi connectivity index (χ2n) is 4.44. The number of likely N-dealkylation sites (tertiary alicyclic amines) is 1. The maximum atomic E-state index is 11.7. The Labute approximate surface area is 94.4 Å². The van der Waals surface area contributed by atoms with E-state index in [0.717, 1.165) is 19.5 Å². The molecule has 0 aromatic carbocycles. The topological polar surface area (TPSA) is 73.9 Å². The Bertz CT molecular complexity index is 350. The molecule has 2 N–H and O–H groups in total. The zero-order valence-corrected chi connectivity index (χ0v) is 9.60. The molecule has 2 atom stereocenters. The number of hydrogen-bond donors (Lipinski definition) is 2. The number of carbonyl (C=O) groups excluding carboxylic acids is 1. The van der Waals surface area contributed by atoms with E-state index in [1.165, 1.54) is 6.33 Å². The maximum absolute atomic E-state index is 11.7. The standard InChI is InChI=1S/C10H17N5O/c1-7-5-15(2)4-3-8(7)13-10(16)9-11-6-12-14-9/h6-8H,3-5H2,1-2H3,(H,13,16)(H,11,12,14). The van der Waals surface area contributed by atoms with Crippen LogP contribution in [-0.4, -0.2) is 52.2 Å². The van der Waals surface area contributed by atoms with Crippen molar-refractivity contribution in [2.75, 3.05) is 20.1 Å². The van der Waals surface area contributed by atoms with Gasteiger partial charge < -0.3 is 10.2 Å². The van der Waals surface area contributed by atoms with Crippen LogP contribution < -0.4 is 5.32 Å². The molecule has 88 valence electrons. The first-order valence-corrected chi connectivity index (χ1v) is 5.51. The van der Waals surface area contributed by atoms with Gasteiger partial charge in [-0.05, 0) is 25.9 Å². The van der Waals surface area contributed by atoms with Crippen LogP contribution in [0.3, 0.4) is 0 Å². The maximum Gasteiger partial charge on any atom is 0.288 e. The van der Waals surface area contributed by atoms with Crippen LogP contribution >= 0.6 is 0 Å². The fraction of sp³-hybridized carbons (Fsp3) is 0.700. The molecule has 1 aliphatic heterocycles. The summed E-state index contributed by atoms with van der Waals surface area (Å²) in [6.07, 6.45) is 2.32. The van der Waals surface area contributed by atoms with Crippen LogP contribution in [0.2, 0.25) is 0 Å². The van der Waals surface area contributed by atoms with Crippen LogP contribution in [0, 0.1) is 5.92 Å². The number of hydrogen-bond acceptors (Lipinski definition) is 4. The fourth-order valence-corrected chi connectivity index (χ4v) is 2.12. The van der Waals surface area contributed by atoms with Crippen molar-refractivity contribution in [1.29, 1.82) is 0 Å². The van der Waals surface area contributed by atoms with Crippen LogP contribution in [0.15, 0.2) is 6.33 Å². The molecular weight excluding hydrogens is 206 g/mol. The number of nitrogens with one attached hydrogen (secondary N) is 2. The lowest BCUT2D eigenvalue weighted by Gasteiger charge is -2.34. The Morgan fingerprint density at radius 3 is 3.12 bits per heavy atom. The summed E-state index contributed by atoms with van der Waals surface area (Å²) in [6.45, 7) is 4.19. The van der Waals surface area contributed by atoms with Crippen molar-refractivity contribution in [3.8, 4) is 0 Å². The Kier molecular flexibility index (Phi) is 3.19. The third-order valence-corrected chi connectivity index (χ3v) is 3.05. The SMILES string of the molecule is CC1CN(C)CCC1NC(=O)c1ncn[nH]1. The zero-order chi connectivity index (χ0) is 11.5. The molecule has 0 spiro atoms. The number of aromatic nitrogens is 3. The third-order valence-electron chi connectivity index (χ3n) is 3.05. The van der Waals surface area contributed by atoms with E-state index in [0.29, 0.717) is 5.92 Å². The van der Waals surface area contributed by atoms with E-state index in [2.05, 4.69) is 39.4 Å². The van der Waals surface area contributed by atoms with Gasteiger partial charge in [-0.2, -0.15) is 5.10 Å². The summed E-state index contributed by atoms with van der Waals surface area (Å²) in [4.78, 5) is 17.9. The molecule has 6 heteroatoms. The number of rotatable bonds is 2. The second-order valence-corrected chi connectivity index (χ2v) is 4.44. The van der Waals surface area contributed by atoms with Crippen molar-refractivity contribution in [3.63, 3.8) is 0 Å². The lowest BCUT2D eigenvalue weighted by Crippen LogP contribution is -2.49. The molecule has 6 nitrogen and oxygen atoms in total. The molecule has 16 heavy (non-hydrogen) atoms. The molecule has 1 aromatic rings. The highest BCUT2D eigenvalue weighted by atomic mass is 16.2. The fourth-order valence-electron chi connectivity index (χ4n) is 2.12. The summed E-state index contributed by atoms with van der Waals surface area (Å²) in [7, 11) is 2.10.